The average molecular weight is 522 g/mol. The minimum Gasteiger partial charge on any atom is -0.360 e. The Morgan fingerprint density at radius 3 is 2.32 bits per heavy atom. The van der Waals surface area contributed by atoms with E-state index in [1.807, 2.05) is 24.3 Å². The normalized spacial score (nSPS) is 18.9. The van der Waals surface area contributed by atoms with Crippen LogP contribution in [0.2, 0.25) is 0 Å². The number of rotatable bonds is 3. The van der Waals surface area contributed by atoms with E-state index in [1.165, 1.54) is 0 Å². The summed E-state index contributed by atoms with van der Waals surface area (Å²) in [5.41, 5.74) is 4.98. The summed E-state index contributed by atoms with van der Waals surface area (Å²) in [7, 11) is 0. The molecule has 4 amide bonds. The van der Waals surface area contributed by atoms with Crippen molar-refractivity contribution in [3.8, 4) is 0 Å². The summed E-state index contributed by atoms with van der Waals surface area (Å²) in [4.78, 5) is 41.9. The van der Waals surface area contributed by atoms with E-state index in [2.05, 4.69) is 66.8 Å². The Hall–Kier alpha value is -3.19. The highest BCUT2D eigenvalue weighted by molar-refractivity contribution is 9.10. The predicted octanol–water partition coefficient (Wildman–Crippen LogP) is 5.83. The predicted molar refractivity (Wildman–Crippen MR) is 140 cm³/mol. The molecule has 0 radical (unpaired) electrons. The highest BCUT2D eigenvalue weighted by atomic mass is 79.9. The number of hydrogen-bond donors (Lipinski definition) is 1. The van der Waals surface area contributed by atoms with Crippen LogP contribution in [0.5, 0.6) is 0 Å². The van der Waals surface area contributed by atoms with E-state index in [0.29, 0.717) is 11.7 Å². The van der Waals surface area contributed by atoms with Crippen molar-refractivity contribution in [2.75, 3.05) is 9.80 Å². The van der Waals surface area contributed by atoms with E-state index in [1.54, 1.807) is 25.1 Å². The van der Waals surface area contributed by atoms with Crippen molar-refractivity contribution >= 4 is 56.8 Å². The molecular weight excluding hydrogens is 494 g/mol. The molecule has 0 aliphatic carbocycles. The maximum atomic E-state index is 13.3. The molecular formula is C27H28BrN3O3. The monoisotopic (exact) mass is 521 g/mol. The van der Waals surface area contributed by atoms with E-state index in [4.69, 9.17) is 0 Å². The molecule has 2 aliphatic heterocycles. The van der Waals surface area contributed by atoms with E-state index < -0.39 is 17.8 Å². The topological polar surface area (TPSA) is 69.7 Å². The van der Waals surface area contributed by atoms with Gasteiger partial charge >= 0.3 is 6.03 Å². The van der Waals surface area contributed by atoms with Gasteiger partial charge in [-0.3, -0.25) is 14.9 Å². The van der Waals surface area contributed by atoms with Gasteiger partial charge in [0.15, 0.2) is 0 Å². The van der Waals surface area contributed by atoms with Crippen molar-refractivity contribution in [3.05, 3.63) is 69.2 Å². The minimum absolute atomic E-state index is 0.0830. The van der Waals surface area contributed by atoms with Crippen molar-refractivity contribution in [3.63, 3.8) is 0 Å². The van der Waals surface area contributed by atoms with Crippen molar-refractivity contribution in [1.29, 1.82) is 0 Å². The van der Waals surface area contributed by atoms with Gasteiger partial charge in [-0.2, -0.15) is 0 Å². The smallest absolute Gasteiger partial charge is 0.335 e. The fourth-order valence-electron chi connectivity index (χ4n) is 5.01. The molecule has 0 saturated carbocycles. The molecule has 2 aliphatic rings. The lowest BCUT2D eigenvalue weighted by Crippen LogP contribution is -2.54. The molecule has 2 aromatic carbocycles. The second kappa shape index (κ2) is 8.55. The van der Waals surface area contributed by atoms with Crippen molar-refractivity contribution in [2.24, 2.45) is 0 Å². The standard InChI is InChI=1S/C27H28BrN3O3/c1-15(2)31-23-9-7-18(12-20(23)17(4)14-27(31,5)6)13-21-24(32)29-26(34)30(25(21)33)22-10-8-19(28)11-16(22)3/h7-15H,1-6H3,(H,29,32,34)/b21-13+. The molecule has 1 fully saturated rings. The number of amides is 4. The molecule has 2 heterocycles. The summed E-state index contributed by atoms with van der Waals surface area (Å²) >= 11 is 3.39. The minimum atomic E-state index is -0.753. The van der Waals surface area contributed by atoms with Gasteiger partial charge in [0.2, 0.25) is 0 Å². The van der Waals surface area contributed by atoms with E-state index in [9.17, 15) is 14.4 Å². The Bertz CT molecular complexity index is 1290. The van der Waals surface area contributed by atoms with Gasteiger partial charge in [0, 0.05) is 21.8 Å². The number of nitrogens with zero attached hydrogens (tertiary/aromatic N) is 2. The molecule has 4 rings (SSSR count). The third-order valence-corrected chi connectivity index (χ3v) is 6.72. The molecule has 1 saturated heterocycles. The SMILES string of the molecule is CC1=CC(C)(C)N(C(C)C)c2ccc(/C=C3\C(=O)NC(=O)N(c4ccc(Br)cc4C)C3=O)cc21. The number of carbonyl (C=O) groups is 3. The van der Waals surface area contributed by atoms with Gasteiger partial charge in [0.25, 0.3) is 11.8 Å². The molecule has 176 valence electrons. The number of aryl methyl sites for hydroxylation is 1. The van der Waals surface area contributed by atoms with Gasteiger partial charge in [-0.25, -0.2) is 9.69 Å². The summed E-state index contributed by atoms with van der Waals surface area (Å²) in [6.45, 7) is 12.6. The second-order valence-electron chi connectivity index (χ2n) is 9.61. The lowest BCUT2D eigenvalue weighted by atomic mass is 9.86. The highest BCUT2D eigenvalue weighted by Gasteiger charge is 2.38. The van der Waals surface area contributed by atoms with Crippen molar-refractivity contribution in [2.45, 2.75) is 53.1 Å². The number of barbiturate groups is 1. The molecule has 34 heavy (non-hydrogen) atoms. The number of urea groups is 1. The van der Waals surface area contributed by atoms with E-state index in [0.717, 1.165) is 37.3 Å². The molecule has 0 unspecified atom stereocenters. The maximum absolute atomic E-state index is 13.3. The number of anilines is 2. The van der Waals surface area contributed by atoms with Crippen LogP contribution in [0.25, 0.3) is 11.6 Å². The maximum Gasteiger partial charge on any atom is 0.335 e. The third kappa shape index (κ3) is 4.09. The first kappa shape index (κ1) is 24.0. The average Bonchev–Trinajstić information content (AvgIpc) is 2.72. The fourth-order valence-corrected chi connectivity index (χ4v) is 5.49. The van der Waals surface area contributed by atoms with Crippen LogP contribution in [0.3, 0.4) is 0 Å². The molecule has 0 atom stereocenters. The van der Waals surface area contributed by atoms with Crippen LogP contribution >= 0.6 is 15.9 Å². The summed E-state index contributed by atoms with van der Waals surface area (Å²) in [5.74, 6) is -1.34. The van der Waals surface area contributed by atoms with Crippen LogP contribution in [0, 0.1) is 6.92 Å². The van der Waals surface area contributed by atoms with E-state index in [-0.39, 0.29) is 11.1 Å². The Morgan fingerprint density at radius 2 is 1.68 bits per heavy atom. The van der Waals surface area contributed by atoms with Crippen molar-refractivity contribution in [1.82, 2.24) is 5.32 Å². The van der Waals surface area contributed by atoms with Gasteiger partial charge < -0.3 is 4.90 Å². The molecule has 1 N–H and O–H groups in total. The number of hydrogen-bond acceptors (Lipinski definition) is 4. The molecule has 0 bridgehead atoms. The van der Waals surface area contributed by atoms with Gasteiger partial charge in [-0.15, -0.1) is 0 Å². The van der Waals surface area contributed by atoms with Gasteiger partial charge in [-0.1, -0.05) is 28.1 Å². The summed E-state index contributed by atoms with van der Waals surface area (Å²) in [6.07, 6.45) is 3.79. The quantitative estimate of drug-likeness (QED) is 0.407. The first-order valence-corrected chi connectivity index (χ1v) is 12.0. The molecule has 0 aromatic heterocycles. The lowest BCUT2D eigenvalue weighted by molar-refractivity contribution is -0.122. The molecule has 0 spiro atoms. The largest absolute Gasteiger partial charge is 0.360 e. The van der Waals surface area contributed by atoms with Gasteiger partial charge in [-0.05, 0) is 94.7 Å². The number of halogens is 1. The number of fused-ring (bicyclic) bond motifs is 1. The first-order chi connectivity index (χ1) is 15.9. The molecule has 2 aromatic rings. The second-order valence-corrected chi connectivity index (χ2v) is 10.5. The Balaban J connectivity index is 1.77. The van der Waals surface area contributed by atoms with Crippen molar-refractivity contribution < 1.29 is 14.4 Å². The number of carbonyl (C=O) groups excluding carboxylic acids is 3. The Morgan fingerprint density at radius 1 is 1.00 bits per heavy atom. The Kier molecular flexibility index (Phi) is 6.02. The third-order valence-electron chi connectivity index (χ3n) is 6.22. The number of nitrogens with one attached hydrogen (secondary N) is 1. The number of allylic oxidation sites excluding steroid dienone is 1. The van der Waals surface area contributed by atoms with E-state index >= 15 is 0 Å². The van der Waals surface area contributed by atoms with Gasteiger partial charge in [0.05, 0.1) is 11.2 Å². The van der Waals surface area contributed by atoms with Crippen LogP contribution in [0.1, 0.15) is 51.3 Å². The highest BCUT2D eigenvalue weighted by Crippen LogP contribution is 2.41. The summed E-state index contributed by atoms with van der Waals surface area (Å²) in [5, 5.41) is 2.30. The van der Waals surface area contributed by atoms with Crippen LogP contribution in [-0.4, -0.2) is 29.4 Å². The molecule has 7 heteroatoms. The number of benzene rings is 2. The van der Waals surface area contributed by atoms with Crippen LogP contribution < -0.4 is 15.1 Å². The fraction of sp³-hybridized carbons (Fsp3) is 0.296. The molecule has 6 nitrogen and oxygen atoms in total. The van der Waals surface area contributed by atoms with Gasteiger partial charge in [0.1, 0.15) is 5.57 Å². The first-order valence-electron chi connectivity index (χ1n) is 11.2. The summed E-state index contributed by atoms with van der Waals surface area (Å²) in [6, 6.07) is 10.7. The zero-order valence-electron chi connectivity index (χ0n) is 20.2. The van der Waals surface area contributed by atoms with Crippen LogP contribution in [0.15, 0.2) is 52.5 Å². The zero-order chi connectivity index (χ0) is 24.9. The zero-order valence-corrected chi connectivity index (χ0v) is 21.8. The Labute approximate surface area is 208 Å². The van der Waals surface area contributed by atoms with Crippen LogP contribution in [-0.2, 0) is 9.59 Å². The summed E-state index contributed by atoms with van der Waals surface area (Å²) < 4.78 is 0.835. The van der Waals surface area contributed by atoms with Crippen LogP contribution in [0.4, 0.5) is 16.2 Å². The number of imide groups is 2. The lowest BCUT2D eigenvalue weighted by Gasteiger charge is -2.46.